The lowest BCUT2D eigenvalue weighted by molar-refractivity contribution is -0.140. The lowest BCUT2D eigenvalue weighted by Crippen LogP contribution is -2.36. The molecule has 14 N–H and O–H groups in total. The van der Waals surface area contributed by atoms with Gasteiger partial charge in [0, 0.05) is 0 Å². The van der Waals surface area contributed by atoms with E-state index < -0.39 is 48.0 Å². The second-order valence-electron chi connectivity index (χ2n) is 9.99. The summed E-state index contributed by atoms with van der Waals surface area (Å²) in [5, 5.41) is 51.5. The highest BCUT2D eigenvalue weighted by atomic mass is 16.4. The fourth-order valence-corrected chi connectivity index (χ4v) is 2.73. The fourth-order valence-electron chi connectivity index (χ4n) is 2.73. The molecule has 5 atom stereocenters. The van der Waals surface area contributed by atoms with Crippen LogP contribution in [0.3, 0.4) is 0 Å². The molecule has 0 heterocycles. The fraction of sp³-hybridized carbons (Fsp3) is 0.448. The molecule has 0 spiro atoms. The quantitative estimate of drug-likeness (QED) is 0.171. The van der Waals surface area contributed by atoms with Crippen molar-refractivity contribution in [3.63, 3.8) is 0 Å². The van der Waals surface area contributed by atoms with Crippen molar-refractivity contribution in [3.8, 4) is 11.5 Å². The van der Waals surface area contributed by atoms with Crippen LogP contribution in [0.15, 0.2) is 48.5 Å². The number of aliphatic carboxylic acids is 4. The largest absolute Gasteiger partial charge is 0.508 e. The summed E-state index contributed by atoms with van der Waals surface area (Å²) in [4.78, 5) is 41.0. The van der Waals surface area contributed by atoms with E-state index in [-0.39, 0.29) is 36.2 Å². The number of hydrogen-bond acceptors (Lipinski definition) is 10. The van der Waals surface area contributed by atoms with Crippen LogP contribution in [0.1, 0.15) is 45.2 Å². The van der Waals surface area contributed by atoms with Crippen LogP contribution in [0.2, 0.25) is 0 Å². The maximum Gasteiger partial charge on any atom is 0.320 e. The number of rotatable bonds is 11. The van der Waals surface area contributed by atoms with Crippen molar-refractivity contribution >= 4 is 23.9 Å². The number of nitrogens with two attached hydrogens (primary N) is 4. The van der Waals surface area contributed by atoms with Crippen LogP contribution in [0, 0.1) is 11.8 Å². The van der Waals surface area contributed by atoms with E-state index in [1.807, 2.05) is 13.8 Å². The van der Waals surface area contributed by atoms with Gasteiger partial charge in [0.05, 0.1) is 0 Å². The molecule has 0 radical (unpaired) electrons. The number of benzene rings is 2. The molecule has 2 aromatic carbocycles. The van der Waals surface area contributed by atoms with Crippen LogP contribution < -0.4 is 22.9 Å². The Bertz CT molecular complexity index is 1050. The SMILES string of the molecule is CC(C)[C@H](N)C(=O)O.CC[C@H](C)[C@H](N)C(=O)O.N[C@@H](Cc1ccc(O)cc1)C(=O)O.N[C@@H](Cc1ccc(O)cc1)C(=O)O. The summed E-state index contributed by atoms with van der Waals surface area (Å²) in [7, 11) is 0. The van der Waals surface area contributed by atoms with Gasteiger partial charge >= 0.3 is 23.9 Å². The third kappa shape index (κ3) is 19.5. The van der Waals surface area contributed by atoms with E-state index in [9.17, 15) is 19.2 Å². The van der Waals surface area contributed by atoms with Crippen LogP contribution in [-0.2, 0) is 32.0 Å². The monoisotopic (exact) mass is 610 g/mol. The Morgan fingerprint density at radius 3 is 1.05 bits per heavy atom. The second kappa shape index (κ2) is 21.5. The first-order valence-electron chi connectivity index (χ1n) is 13.3. The number of phenols is 2. The molecule has 0 aliphatic heterocycles. The second-order valence-corrected chi connectivity index (χ2v) is 9.99. The zero-order valence-electron chi connectivity index (χ0n) is 24.8. The number of carbonyl (C=O) groups is 4. The highest BCUT2D eigenvalue weighted by molar-refractivity contribution is 5.74. The first-order chi connectivity index (χ1) is 19.8. The van der Waals surface area contributed by atoms with Crippen molar-refractivity contribution in [2.24, 2.45) is 34.8 Å². The van der Waals surface area contributed by atoms with Crippen molar-refractivity contribution in [1.29, 1.82) is 0 Å². The van der Waals surface area contributed by atoms with E-state index in [0.717, 1.165) is 17.5 Å². The molecule has 0 unspecified atom stereocenters. The molecule has 0 bridgehead atoms. The summed E-state index contributed by atoms with van der Waals surface area (Å²) in [5.74, 6) is -3.47. The molecule has 0 saturated carbocycles. The van der Waals surface area contributed by atoms with Gasteiger partial charge in [0.1, 0.15) is 35.7 Å². The van der Waals surface area contributed by atoms with Crippen LogP contribution in [0.25, 0.3) is 0 Å². The minimum absolute atomic E-state index is 0.0208. The molecule has 0 aromatic heterocycles. The van der Waals surface area contributed by atoms with E-state index in [1.54, 1.807) is 38.1 Å². The van der Waals surface area contributed by atoms with E-state index in [1.165, 1.54) is 24.3 Å². The van der Waals surface area contributed by atoms with Crippen LogP contribution in [0.4, 0.5) is 0 Å². The van der Waals surface area contributed by atoms with Gasteiger partial charge in [-0.3, -0.25) is 19.2 Å². The standard InChI is InChI=1S/2C9H11NO3.C6H13NO2.C5H11NO2/c2*10-8(9(12)13)5-6-1-3-7(11)4-2-6;1-3-4(2)5(7)6(8)9;1-3(2)4(6)5(7)8/h2*1-4,8,11H,5,10H2,(H,12,13);4-5H,3,7H2,1-2H3,(H,8,9);3-4H,6H2,1-2H3,(H,7,8)/t2*8-;4-,5-;4-/m0000/s1. The molecule has 14 nitrogen and oxygen atoms in total. The highest BCUT2D eigenvalue weighted by Gasteiger charge is 2.17. The zero-order valence-corrected chi connectivity index (χ0v) is 24.8. The average molecular weight is 611 g/mol. The molecule has 14 heteroatoms. The number of carboxylic acids is 4. The highest BCUT2D eigenvalue weighted by Crippen LogP contribution is 2.11. The van der Waals surface area contributed by atoms with Gasteiger partial charge in [-0.25, -0.2) is 0 Å². The first-order valence-corrected chi connectivity index (χ1v) is 13.3. The van der Waals surface area contributed by atoms with Gasteiger partial charge in [-0.2, -0.15) is 0 Å². The maximum absolute atomic E-state index is 10.4. The third-order valence-electron chi connectivity index (χ3n) is 5.96. The topological polar surface area (TPSA) is 294 Å². The molecule has 0 saturated heterocycles. The lowest BCUT2D eigenvalue weighted by Gasteiger charge is -2.11. The molecule has 242 valence electrons. The van der Waals surface area contributed by atoms with Gasteiger partial charge in [-0.15, -0.1) is 0 Å². The van der Waals surface area contributed by atoms with E-state index in [4.69, 9.17) is 53.6 Å². The van der Waals surface area contributed by atoms with Crippen molar-refractivity contribution < 1.29 is 49.8 Å². The summed E-state index contributed by atoms with van der Waals surface area (Å²) in [5.41, 5.74) is 22.7. The van der Waals surface area contributed by atoms with Gasteiger partial charge in [0.15, 0.2) is 0 Å². The zero-order chi connectivity index (χ0) is 33.9. The number of hydrogen-bond donors (Lipinski definition) is 10. The van der Waals surface area contributed by atoms with Gasteiger partial charge in [0.2, 0.25) is 0 Å². The molecule has 0 fully saturated rings. The Morgan fingerprint density at radius 2 is 0.884 bits per heavy atom. The molecule has 2 rings (SSSR count). The van der Waals surface area contributed by atoms with Crippen LogP contribution in [0.5, 0.6) is 11.5 Å². The van der Waals surface area contributed by atoms with Crippen molar-refractivity contribution in [2.75, 3.05) is 0 Å². The van der Waals surface area contributed by atoms with Crippen molar-refractivity contribution in [2.45, 2.75) is 71.1 Å². The van der Waals surface area contributed by atoms with Crippen LogP contribution >= 0.6 is 0 Å². The predicted octanol–water partition coefficient (Wildman–Crippen LogP) is 1.19. The minimum Gasteiger partial charge on any atom is -0.508 e. The van der Waals surface area contributed by atoms with Crippen LogP contribution in [-0.4, -0.2) is 78.7 Å². The van der Waals surface area contributed by atoms with Crippen molar-refractivity contribution in [1.82, 2.24) is 0 Å². The molecular formula is C29H46N4O10. The Kier molecular flexibility index (Phi) is 20.4. The normalized spacial score (nSPS) is 13.6. The van der Waals surface area contributed by atoms with E-state index in [0.29, 0.717) is 0 Å². The number of phenolic OH excluding ortho intramolecular Hbond substituents is 2. The number of carboxylic acid groups (broad SMARTS) is 4. The minimum atomic E-state index is -1.02. The summed E-state index contributed by atoms with van der Waals surface area (Å²) in [6, 6.07) is 9.44. The Labute approximate surface area is 250 Å². The number of aromatic hydroxyl groups is 2. The molecular weight excluding hydrogens is 564 g/mol. The van der Waals surface area contributed by atoms with Gasteiger partial charge in [0.25, 0.3) is 0 Å². The van der Waals surface area contributed by atoms with Gasteiger partial charge in [-0.1, -0.05) is 58.4 Å². The average Bonchev–Trinajstić information content (AvgIpc) is 2.94. The molecule has 0 aliphatic rings. The van der Waals surface area contributed by atoms with E-state index >= 15 is 0 Å². The van der Waals surface area contributed by atoms with Gasteiger partial charge in [-0.05, 0) is 60.1 Å². The van der Waals surface area contributed by atoms with Crippen molar-refractivity contribution in [3.05, 3.63) is 59.7 Å². The Balaban J connectivity index is 0. The predicted molar refractivity (Wildman–Crippen MR) is 160 cm³/mol. The third-order valence-corrected chi connectivity index (χ3v) is 5.96. The smallest absolute Gasteiger partial charge is 0.320 e. The summed E-state index contributed by atoms with van der Waals surface area (Å²) < 4.78 is 0. The first kappa shape index (κ1) is 40.9. The molecule has 0 amide bonds. The molecule has 2 aromatic rings. The van der Waals surface area contributed by atoms with Gasteiger partial charge < -0.3 is 53.6 Å². The molecule has 43 heavy (non-hydrogen) atoms. The summed E-state index contributed by atoms with van der Waals surface area (Å²) >= 11 is 0. The summed E-state index contributed by atoms with van der Waals surface area (Å²) in [6.45, 7) is 7.31. The Morgan fingerprint density at radius 1 is 0.581 bits per heavy atom. The molecule has 0 aliphatic carbocycles. The summed E-state index contributed by atoms with van der Waals surface area (Å²) in [6.07, 6.45) is 1.36. The lowest BCUT2D eigenvalue weighted by atomic mass is 10.0. The maximum atomic E-state index is 10.4. The van der Waals surface area contributed by atoms with E-state index in [2.05, 4.69) is 0 Å². The Hall–Kier alpha value is -4.24.